The first kappa shape index (κ1) is 17.7. The standard InChI is InChI=1S/C20H23N5O/c1-3-16-8-10-17(11-9-16)14-21-20(26)24(2)18-6-5-13-25(15-18)19-7-4-12-22-23-19/h1,4,7-12,18H,5-6,13-15H2,2H3,(H,21,26)/t18-/m1/s1. The number of carbonyl (C=O) groups excluding carboxylic acids is 1. The molecular formula is C20H23N5O. The van der Waals surface area contributed by atoms with E-state index in [1.807, 2.05) is 43.4 Å². The van der Waals surface area contributed by atoms with E-state index in [2.05, 4.69) is 26.3 Å². The van der Waals surface area contributed by atoms with Crippen LogP contribution in [0.15, 0.2) is 42.6 Å². The number of piperidine rings is 1. The van der Waals surface area contributed by atoms with E-state index in [0.29, 0.717) is 6.54 Å². The lowest BCUT2D eigenvalue weighted by molar-refractivity contribution is 0.182. The average molecular weight is 349 g/mol. The molecule has 1 aliphatic rings. The summed E-state index contributed by atoms with van der Waals surface area (Å²) in [4.78, 5) is 16.5. The molecule has 2 heterocycles. The van der Waals surface area contributed by atoms with Crippen LogP contribution in [0.4, 0.5) is 10.6 Å². The summed E-state index contributed by atoms with van der Waals surface area (Å²) < 4.78 is 0. The van der Waals surface area contributed by atoms with Crippen LogP contribution in [0.1, 0.15) is 24.0 Å². The molecule has 26 heavy (non-hydrogen) atoms. The van der Waals surface area contributed by atoms with Gasteiger partial charge in [-0.2, -0.15) is 5.10 Å². The molecule has 6 heteroatoms. The molecule has 0 aliphatic carbocycles. The highest BCUT2D eigenvalue weighted by atomic mass is 16.2. The van der Waals surface area contributed by atoms with Gasteiger partial charge >= 0.3 is 6.03 Å². The third kappa shape index (κ3) is 4.31. The summed E-state index contributed by atoms with van der Waals surface area (Å²) >= 11 is 0. The molecule has 1 aliphatic heterocycles. The normalized spacial score (nSPS) is 16.6. The van der Waals surface area contributed by atoms with Gasteiger partial charge in [0, 0.05) is 38.4 Å². The zero-order valence-corrected chi connectivity index (χ0v) is 14.9. The Kier molecular flexibility index (Phi) is 5.69. The molecule has 2 aromatic rings. The fraction of sp³-hybridized carbons (Fsp3) is 0.350. The number of anilines is 1. The van der Waals surface area contributed by atoms with Crippen molar-refractivity contribution in [3.63, 3.8) is 0 Å². The lowest BCUT2D eigenvalue weighted by Crippen LogP contribution is -2.51. The molecule has 0 unspecified atom stereocenters. The number of amides is 2. The molecule has 1 aromatic carbocycles. The minimum absolute atomic E-state index is 0.0722. The number of carbonyl (C=O) groups is 1. The second-order valence-corrected chi connectivity index (χ2v) is 6.43. The molecule has 3 rings (SSSR count). The summed E-state index contributed by atoms with van der Waals surface area (Å²) in [6.45, 7) is 2.18. The van der Waals surface area contributed by atoms with Crippen LogP contribution < -0.4 is 10.2 Å². The van der Waals surface area contributed by atoms with Crippen molar-refractivity contribution >= 4 is 11.8 Å². The van der Waals surface area contributed by atoms with Gasteiger partial charge < -0.3 is 15.1 Å². The number of benzene rings is 1. The second-order valence-electron chi connectivity index (χ2n) is 6.43. The van der Waals surface area contributed by atoms with Gasteiger partial charge in [-0.05, 0) is 42.7 Å². The quantitative estimate of drug-likeness (QED) is 0.860. The maximum absolute atomic E-state index is 12.5. The van der Waals surface area contributed by atoms with E-state index in [4.69, 9.17) is 6.42 Å². The molecule has 0 spiro atoms. The Morgan fingerprint density at radius 2 is 2.19 bits per heavy atom. The number of urea groups is 1. The molecule has 0 radical (unpaired) electrons. The van der Waals surface area contributed by atoms with Crippen molar-refractivity contribution < 1.29 is 4.79 Å². The number of rotatable bonds is 4. The smallest absolute Gasteiger partial charge is 0.317 e. The Morgan fingerprint density at radius 3 is 2.88 bits per heavy atom. The zero-order chi connectivity index (χ0) is 18.4. The van der Waals surface area contributed by atoms with Crippen LogP contribution in [0.2, 0.25) is 0 Å². The van der Waals surface area contributed by atoms with Crippen LogP contribution in [0.3, 0.4) is 0 Å². The molecule has 1 N–H and O–H groups in total. The number of nitrogens with one attached hydrogen (secondary N) is 1. The Labute approximate surface area is 154 Å². The first-order valence-corrected chi connectivity index (χ1v) is 8.76. The van der Waals surface area contributed by atoms with Crippen LogP contribution in [0, 0.1) is 12.3 Å². The lowest BCUT2D eigenvalue weighted by Gasteiger charge is -2.37. The molecule has 6 nitrogen and oxygen atoms in total. The predicted molar refractivity (Wildman–Crippen MR) is 102 cm³/mol. The van der Waals surface area contributed by atoms with Gasteiger partial charge in [-0.25, -0.2) is 4.79 Å². The maximum Gasteiger partial charge on any atom is 0.317 e. The molecule has 1 aromatic heterocycles. The molecule has 0 bridgehead atoms. The Balaban J connectivity index is 1.54. The van der Waals surface area contributed by atoms with Gasteiger partial charge in [0.25, 0.3) is 0 Å². The van der Waals surface area contributed by atoms with Gasteiger partial charge in [0.1, 0.15) is 0 Å². The minimum atomic E-state index is -0.0722. The molecule has 1 atom stereocenters. The van der Waals surface area contributed by atoms with Crippen molar-refractivity contribution in [1.29, 1.82) is 0 Å². The predicted octanol–water partition coefficient (Wildman–Crippen LogP) is 2.27. The van der Waals surface area contributed by atoms with Crippen molar-refractivity contribution in [3.05, 3.63) is 53.7 Å². The molecule has 2 amide bonds. The lowest BCUT2D eigenvalue weighted by atomic mass is 10.0. The highest BCUT2D eigenvalue weighted by Gasteiger charge is 2.26. The van der Waals surface area contributed by atoms with Crippen molar-refractivity contribution in [2.75, 3.05) is 25.0 Å². The number of likely N-dealkylation sites (N-methyl/N-ethyl adjacent to an activating group) is 1. The zero-order valence-electron chi connectivity index (χ0n) is 14.9. The number of hydrogen-bond donors (Lipinski definition) is 1. The maximum atomic E-state index is 12.5. The van der Waals surface area contributed by atoms with E-state index in [1.165, 1.54) is 0 Å². The molecule has 1 saturated heterocycles. The van der Waals surface area contributed by atoms with E-state index in [9.17, 15) is 4.79 Å². The molecule has 134 valence electrons. The minimum Gasteiger partial charge on any atom is -0.353 e. The van der Waals surface area contributed by atoms with E-state index < -0.39 is 0 Å². The molecule has 0 saturated carbocycles. The molecule has 1 fully saturated rings. The fourth-order valence-electron chi connectivity index (χ4n) is 3.13. The average Bonchev–Trinajstić information content (AvgIpc) is 2.72. The van der Waals surface area contributed by atoms with Gasteiger partial charge in [0.05, 0.1) is 6.04 Å². The third-order valence-electron chi connectivity index (χ3n) is 4.71. The summed E-state index contributed by atoms with van der Waals surface area (Å²) in [5.41, 5.74) is 1.86. The number of nitrogens with zero attached hydrogens (tertiary/aromatic N) is 4. The van der Waals surface area contributed by atoms with Crippen molar-refractivity contribution in [2.24, 2.45) is 0 Å². The van der Waals surface area contributed by atoms with Crippen LogP contribution >= 0.6 is 0 Å². The van der Waals surface area contributed by atoms with Gasteiger partial charge in [-0.15, -0.1) is 11.5 Å². The monoisotopic (exact) mass is 349 g/mol. The van der Waals surface area contributed by atoms with E-state index in [0.717, 1.165) is 42.9 Å². The molecular weight excluding hydrogens is 326 g/mol. The third-order valence-corrected chi connectivity index (χ3v) is 4.71. The first-order valence-electron chi connectivity index (χ1n) is 8.76. The summed E-state index contributed by atoms with van der Waals surface area (Å²) in [5.74, 6) is 3.45. The van der Waals surface area contributed by atoms with Crippen LogP contribution in [0.5, 0.6) is 0 Å². The Hall–Kier alpha value is -3.07. The summed E-state index contributed by atoms with van der Waals surface area (Å²) in [5, 5.41) is 11.1. The van der Waals surface area contributed by atoms with Crippen molar-refractivity contribution in [2.45, 2.75) is 25.4 Å². The fourth-order valence-corrected chi connectivity index (χ4v) is 3.13. The number of aromatic nitrogens is 2. The SMILES string of the molecule is C#Cc1ccc(CNC(=O)N(C)[C@@H]2CCCN(c3cccnn3)C2)cc1. The van der Waals surface area contributed by atoms with Gasteiger partial charge in [0.15, 0.2) is 5.82 Å². The van der Waals surface area contributed by atoms with E-state index >= 15 is 0 Å². The van der Waals surface area contributed by atoms with Crippen LogP contribution in [0.25, 0.3) is 0 Å². The number of hydrogen-bond acceptors (Lipinski definition) is 4. The summed E-state index contributed by atoms with van der Waals surface area (Å²) in [6.07, 6.45) is 9.03. The van der Waals surface area contributed by atoms with Gasteiger partial charge in [-0.3, -0.25) is 0 Å². The van der Waals surface area contributed by atoms with E-state index in [-0.39, 0.29) is 12.1 Å². The van der Waals surface area contributed by atoms with Crippen LogP contribution in [-0.2, 0) is 6.54 Å². The van der Waals surface area contributed by atoms with Crippen molar-refractivity contribution in [1.82, 2.24) is 20.4 Å². The first-order chi connectivity index (χ1) is 12.7. The van der Waals surface area contributed by atoms with Gasteiger partial charge in [-0.1, -0.05) is 18.1 Å². The highest BCUT2D eigenvalue weighted by molar-refractivity contribution is 5.74. The summed E-state index contributed by atoms with van der Waals surface area (Å²) in [6, 6.07) is 11.5. The van der Waals surface area contributed by atoms with Crippen LogP contribution in [-0.4, -0.2) is 47.3 Å². The topological polar surface area (TPSA) is 61.4 Å². The van der Waals surface area contributed by atoms with Crippen molar-refractivity contribution in [3.8, 4) is 12.3 Å². The van der Waals surface area contributed by atoms with E-state index in [1.54, 1.807) is 11.1 Å². The largest absolute Gasteiger partial charge is 0.353 e. The Bertz CT molecular complexity index is 769. The Morgan fingerprint density at radius 1 is 1.38 bits per heavy atom. The van der Waals surface area contributed by atoms with Gasteiger partial charge in [0.2, 0.25) is 0 Å². The second kappa shape index (κ2) is 8.34. The summed E-state index contributed by atoms with van der Waals surface area (Å²) in [7, 11) is 1.85. The highest BCUT2D eigenvalue weighted by Crippen LogP contribution is 2.19. The number of terminal acetylenes is 1.